The van der Waals surface area contributed by atoms with Crippen LogP contribution in [0.2, 0.25) is 0 Å². The summed E-state index contributed by atoms with van der Waals surface area (Å²) >= 11 is 1.51. The lowest BCUT2D eigenvalue weighted by Gasteiger charge is -2.21. The van der Waals surface area contributed by atoms with Gasteiger partial charge in [0.1, 0.15) is 12.6 Å². The van der Waals surface area contributed by atoms with E-state index in [-0.39, 0.29) is 25.7 Å². The average molecular weight is 485 g/mol. The zero-order chi connectivity index (χ0) is 24.1. The van der Waals surface area contributed by atoms with E-state index in [2.05, 4.69) is 22.8 Å². The molecule has 2 aliphatic rings. The molecule has 2 amide bonds. The van der Waals surface area contributed by atoms with Crippen LogP contribution in [0.3, 0.4) is 0 Å². The van der Waals surface area contributed by atoms with E-state index in [1.165, 1.54) is 11.8 Å². The lowest BCUT2D eigenvalue weighted by atomic mass is 9.98. The van der Waals surface area contributed by atoms with Crippen molar-refractivity contribution in [3.8, 4) is 11.1 Å². The van der Waals surface area contributed by atoms with E-state index in [1.807, 2.05) is 42.7 Å². The molecule has 1 saturated heterocycles. The van der Waals surface area contributed by atoms with E-state index >= 15 is 0 Å². The quantitative estimate of drug-likeness (QED) is 0.501. The molecule has 1 aliphatic heterocycles. The first kappa shape index (κ1) is 24.1. The maximum atomic E-state index is 12.7. The highest BCUT2D eigenvalue weighted by Gasteiger charge is 2.37. The van der Waals surface area contributed by atoms with Gasteiger partial charge >= 0.3 is 12.1 Å². The summed E-state index contributed by atoms with van der Waals surface area (Å²) in [5.41, 5.74) is 4.51. The van der Waals surface area contributed by atoms with Crippen LogP contribution in [0.5, 0.6) is 0 Å². The lowest BCUT2D eigenvalue weighted by Crippen LogP contribution is -2.50. The van der Waals surface area contributed by atoms with Crippen molar-refractivity contribution in [3.05, 3.63) is 59.7 Å². The number of ether oxygens (including phenoxy) is 2. The maximum Gasteiger partial charge on any atom is 0.407 e. The molecule has 0 bridgehead atoms. The molecule has 3 N–H and O–H groups in total. The molecule has 2 aromatic carbocycles. The summed E-state index contributed by atoms with van der Waals surface area (Å²) in [6, 6.07) is 14.6. The third-order valence-corrected chi connectivity index (χ3v) is 6.93. The first-order chi connectivity index (χ1) is 16.5. The molecule has 1 heterocycles. The number of carboxylic acid groups (broad SMARTS) is 1. The number of hydrogen-bond donors (Lipinski definition) is 3. The number of fused-ring (bicyclic) bond motifs is 3. The molecule has 0 saturated carbocycles. The minimum absolute atomic E-state index is 0.0650. The molecule has 1 aliphatic carbocycles. The van der Waals surface area contributed by atoms with E-state index < -0.39 is 36.0 Å². The second-order valence-corrected chi connectivity index (χ2v) is 9.39. The van der Waals surface area contributed by atoms with Gasteiger partial charge in [-0.05, 0) is 40.7 Å². The third kappa shape index (κ3) is 5.20. The molecule has 0 spiro atoms. The molecule has 3 unspecified atom stereocenters. The topological polar surface area (TPSA) is 114 Å². The van der Waals surface area contributed by atoms with Crippen LogP contribution < -0.4 is 10.6 Å². The molecule has 2 aromatic rings. The number of benzene rings is 2. The van der Waals surface area contributed by atoms with Gasteiger partial charge in [0.25, 0.3) is 0 Å². The van der Waals surface area contributed by atoms with Crippen LogP contribution in [-0.4, -0.2) is 67.0 Å². The second-order valence-electron chi connectivity index (χ2n) is 8.40. The molecular weight excluding hydrogens is 456 g/mol. The Kier molecular flexibility index (Phi) is 7.74. The van der Waals surface area contributed by atoms with Crippen molar-refractivity contribution in [2.75, 3.05) is 31.8 Å². The van der Waals surface area contributed by atoms with Gasteiger partial charge in [0.2, 0.25) is 5.91 Å². The van der Waals surface area contributed by atoms with Crippen LogP contribution in [0.25, 0.3) is 11.1 Å². The van der Waals surface area contributed by atoms with Crippen molar-refractivity contribution in [3.63, 3.8) is 0 Å². The van der Waals surface area contributed by atoms with Gasteiger partial charge in [0, 0.05) is 5.92 Å². The zero-order valence-corrected chi connectivity index (χ0v) is 19.7. The first-order valence-corrected chi connectivity index (χ1v) is 12.6. The Labute approximate surface area is 202 Å². The minimum Gasteiger partial charge on any atom is -0.480 e. The molecule has 34 heavy (non-hydrogen) atoms. The van der Waals surface area contributed by atoms with Crippen LogP contribution in [0.4, 0.5) is 4.79 Å². The number of alkyl carbamates (subject to hydrolysis) is 1. The van der Waals surface area contributed by atoms with E-state index in [0.717, 1.165) is 22.3 Å². The standard InChI is InChI=1S/C25H28N2O6S/c1-34-11-10-21(24(29)30)26-23(28)20-12-32-14-22(20)27-25(31)33-13-19-17-8-4-2-6-15(17)16-7-3-5-9-18(16)19/h2-9,19-22H,10-14H2,1H3,(H,26,28)(H,27,31)(H,29,30). The largest absolute Gasteiger partial charge is 0.480 e. The lowest BCUT2D eigenvalue weighted by molar-refractivity contribution is -0.142. The Bertz CT molecular complexity index is 1020. The summed E-state index contributed by atoms with van der Waals surface area (Å²) in [5, 5.41) is 14.7. The molecule has 0 radical (unpaired) electrons. The Morgan fingerprint density at radius 3 is 2.35 bits per heavy atom. The Hall–Kier alpha value is -3.04. The van der Waals surface area contributed by atoms with Crippen molar-refractivity contribution < 1.29 is 29.0 Å². The summed E-state index contributed by atoms with van der Waals surface area (Å²) in [6.45, 7) is 0.430. The number of carboxylic acids is 1. The molecule has 3 atom stereocenters. The SMILES string of the molecule is CSCCC(NC(=O)C1COCC1NC(=O)OCC1c2ccccc2-c2ccccc21)C(=O)O. The third-order valence-electron chi connectivity index (χ3n) is 6.29. The van der Waals surface area contributed by atoms with E-state index in [9.17, 15) is 19.5 Å². The second kappa shape index (κ2) is 10.9. The fourth-order valence-electron chi connectivity index (χ4n) is 4.52. The Morgan fingerprint density at radius 1 is 1.09 bits per heavy atom. The van der Waals surface area contributed by atoms with E-state index in [4.69, 9.17) is 9.47 Å². The highest BCUT2D eigenvalue weighted by molar-refractivity contribution is 7.98. The Morgan fingerprint density at radius 2 is 1.74 bits per heavy atom. The number of aliphatic carboxylic acids is 1. The van der Waals surface area contributed by atoms with Crippen LogP contribution in [0.15, 0.2) is 48.5 Å². The Balaban J connectivity index is 1.35. The highest BCUT2D eigenvalue weighted by atomic mass is 32.2. The number of amides is 2. The fourth-order valence-corrected chi connectivity index (χ4v) is 4.99. The molecule has 0 aromatic heterocycles. The van der Waals surface area contributed by atoms with Gasteiger partial charge in [-0.15, -0.1) is 0 Å². The first-order valence-electron chi connectivity index (χ1n) is 11.2. The summed E-state index contributed by atoms with van der Waals surface area (Å²) in [6.07, 6.45) is 1.56. The van der Waals surface area contributed by atoms with Gasteiger partial charge in [0.05, 0.1) is 25.2 Å². The van der Waals surface area contributed by atoms with Crippen LogP contribution in [0, 0.1) is 5.92 Å². The number of hydrogen-bond acceptors (Lipinski definition) is 6. The normalized spacial score (nSPS) is 19.7. The molecule has 8 nitrogen and oxygen atoms in total. The number of carbonyl (C=O) groups excluding carboxylic acids is 2. The average Bonchev–Trinajstić information content (AvgIpc) is 3.42. The maximum absolute atomic E-state index is 12.7. The van der Waals surface area contributed by atoms with Crippen molar-refractivity contribution in [1.82, 2.24) is 10.6 Å². The van der Waals surface area contributed by atoms with Crippen LogP contribution in [0.1, 0.15) is 23.5 Å². The smallest absolute Gasteiger partial charge is 0.407 e. The van der Waals surface area contributed by atoms with Crippen molar-refractivity contribution in [2.45, 2.75) is 24.4 Å². The molecule has 4 rings (SSSR count). The van der Waals surface area contributed by atoms with Gasteiger partial charge in [-0.25, -0.2) is 9.59 Å². The summed E-state index contributed by atoms with van der Waals surface area (Å²) in [5.74, 6) is -1.67. The summed E-state index contributed by atoms with van der Waals surface area (Å²) in [7, 11) is 0. The molecule has 1 fully saturated rings. The summed E-state index contributed by atoms with van der Waals surface area (Å²) < 4.78 is 11.0. The predicted octanol–water partition coefficient (Wildman–Crippen LogP) is 2.86. The number of carbonyl (C=O) groups is 3. The van der Waals surface area contributed by atoms with Crippen molar-refractivity contribution >= 4 is 29.7 Å². The molecule has 9 heteroatoms. The predicted molar refractivity (Wildman–Crippen MR) is 129 cm³/mol. The van der Waals surface area contributed by atoms with Gasteiger partial charge < -0.3 is 25.2 Å². The van der Waals surface area contributed by atoms with Gasteiger partial charge in [0.15, 0.2) is 0 Å². The monoisotopic (exact) mass is 484 g/mol. The van der Waals surface area contributed by atoms with Gasteiger partial charge in [-0.1, -0.05) is 48.5 Å². The van der Waals surface area contributed by atoms with Gasteiger partial charge in [-0.2, -0.15) is 11.8 Å². The van der Waals surface area contributed by atoms with E-state index in [0.29, 0.717) is 12.2 Å². The minimum atomic E-state index is -1.08. The van der Waals surface area contributed by atoms with Crippen molar-refractivity contribution in [1.29, 1.82) is 0 Å². The van der Waals surface area contributed by atoms with Crippen LogP contribution >= 0.6 is 11.8 Å². The van der Waals surface area contributed by atoms with Crippen LogP contribution in [-0.2, 0) is 19.1 Å². The van der Waals surface area contributed by atoms with Gasteiger partial charge in [-0.3, -0.25) is 4.79 Å². The fraction of sp³-hybridized carbons (Fsp3) is 0.400. The number of thioether (sulfide) groups is 1. The number of rotatable bonds is 9. The zero-order valence-electron chi connectivity index (χ0n) is 18.9. The van der Waals surface area contributed by atoms with E-state index in [1.54, 1.807) is 0 Å². The highest BCUT2D eigenvalue weighted by Crippen LogP contribution is 2.44. The summed E-state index contributed by atoms with van der Waals surface area (Å²) in [4.78, 5) is 36.8. The molecule has 180 valence electrons. The molecular formula is C25H28N2O6S. The van der Waals surface area contributed by atoms with Crippen molar-refractivity contribution in [2.24, 2.45) is 5.92 Å². The number of nitrogens with one attached hydrogen (secondary N) is 2.